The summed E-state index contributed by atoms with van der Waals surface area (Å²) >= 11 is 0. The first-order chi connectivity index (χ1) is 9.45. The predicted octanol–water partition coefficient (Wildman–Crippen LogP) is 2.82. The fourth-order valence-corrected chi connectivity index (χ4v) is 2.05. The Balaban J connectivity index is 2.47. The number of nitroso groups, excluding NO2 is 1. The average molecular weight is 275 g/mol. The molecule has 20 heavy (non-hydrogen) atoms. The Morgan fingerprint density at radius 2 is 1.80 bits per heavy atom. The first kappa shape index (κ1) is 14.0. The van der Waals surface area contributed by atoms with Crippen molar-refractivity contribution in [3.05, 3.63) is 50.9 Å². The van der Waals surface area contributed by atoms with Crippen LogP contribution in [0, 0.1) is 4.91 Å². The minimum Gasteiger partial charge on any atom is -0.493 e. The first-order valence-corrected chi connectivity index (χ1v) is 6.42. The van der Waals surface area contributed by atoms with Gasteiger partial charge in [-0.25, -0.2) is 9.36 Å². The molecule has 0 aliphatic heterocycles. The molecule has 0 aliphatic rings. The molecular weight excluding hydrogens is 258 g/mol. The second kappa shape index (κ2) is 5.32. The Morgan fingerprint density at radius 1 is 1.20 bits per heavy atom. The van der Waals surface area contributed by atoms with Crippen molar-refractivity contribution in [3.8, 4) is 11.6 Å². The second-order valence-corrected chi connectivity index (χ2v) is 5.03. The topological polar surface area (TPSA) is 87.5 Å². The number of nitrogens with one attached hydrogen (secondary N) is 1. The number of hydrogen-bond donors (Lipinski definition) is 2. The van der Waals surface area contributed by atoms with Crippen molar-refractivity contribution >= 4 is 0 Å². The number of aromatic nitrogens is 2. The van der Waals surface area contributed by atoms with E-state index in [0.29, 0.717) is 11.4 Å². The monoisotopic (exact) mass is 275 g/mol. The predicted molar refractivity (Wildman–Crippen MR) is 76.4 cm³/mol. The number of aromatic amines is 1. The molecule has 0 saturated carbocycles. The van der Waals surface area contributed by atoms with Gasteiger partial charge in [-0.3, -0.25) is 0 Å². The number of hydrogen-bond acceptors (Lipinski definition) is 4. The third-order valence-corrected chi connectivity index (χ3v) is 3.27. The number of rotatable bonds is 4. The molecule has 1 heterocycles. The van der Waals surface area contributed by atoms with Gasteiger partial charge in [0.25, 0.3) is 0 Å². The molecule has 106 valence electrons. The van der Waals surface area contributed by atoms with Crippen molar-refractivity contribution in [3.63, 3.8) is 0 Å². The SMILES string of the molecule is CC(C)c1[nH]c(=O)n(-c2ccc(C(C)N=O)cc2)c1O. The molecule has 1 atom stereocenters. The van der Waals surface area contributed by atoms with E-state index >= 15 is 0 Å². The van der Waals surface area contributed by atoms with E-state index in [1.807, 2.05) is 13.8 Å². The van der Waals surface area contributed by atoms with Crippen LogP contribution in [0.15, 0.2) is 34.2 Å². The van der Waals surface area contributed by atoms with E-state index in [0.717, 1.165) is 5.56 Å². The molecule has 0 bridgehead atoms. The number of benzene rings is 1. The molecule has 2 aromatic rings. The minimum atomic E-state index is -0.438. The average Bonchev–Trinajstić information content (AvgIpc) is 2.73. The highest BCUT2D eigenvalue weighted by molar-refractivity contribution is 5.40. The highest BCUT2D eigenvalue weighted by Gasteiger charge is 2.17. The van der Waals surface area contributed by atoms with Gasteiger partial charge in [0.2, 0.25) is 5.88 Å². The molecule has 1 aromatic carbocycles. The fourth-order valence-electron chi connectivity index (χ4n) is 2.05. The second-order valence-electron chi connectivity index (χ2n) is 5.03. The normalized spacial score (nSPS) is 12.6. The van der Waals surface area contributed by atoms with E-state index < -0.39 is 6.04 Å². The maximum absolute atomic E-state index is 11.9. The summed E-state index contributed by atoms with van der Waals surface area (Å²) in [5.74, 6) is -0.0678. The summed E-state index contributed by atoms with van der Waals surface area (Å²) in [4.78, 5) is 25.1. The fraction of sp³-hybridized carbons (Fsp3) is 0.357. The molecule has 1 aromatic heterocycles. The van der Waals surface area contributed by atoms with Gasteiger partial charge >= 0.3 is 5.69 Å². The van der Waals surface area contributed by atoms with Gasteiger partial charge in [0.1, 0.15) is 6.04 Å². The Hall–Kier alpha value is -2.37. The standard InChI is InChI=1S/C14H17N3O3/c1-8(2)12-13(18)17(14(19)15-12)11-6-4-10(5-7-11)9(3)16-20/h4-9,18H,1-3H3,(H,15,19). The molecule has 0 aliphatic carbocycles. The lowest BCUT2D eigenvalue weighted by Crippen LogP contribution is -2.14. The van der Waals surface area contributed by atoms with E-state index in [2.05, 4.69) is 10.2 Å². The quantitative estimate of drug-likeness (QED) is 0.841. The van der Waals surface area contributed by atoms with E-state index in [-0.39, 0.29) is 17.5 Å². The summed E-state index contributed by atoms with van der Waals surface area (Å²) in [5.41, 5.74) is 1.41. The van der Waals surface area contributed by atoms with E-state index in [4.69, 9.17) is 0 Å². The number of aromatic hydroxyl groups is 1. The van der Waals surface area contributed by atoms with Crippen LogP contribution in [0.2, 0.25) is 0 Å². The summed E-state index contributed by atoms with van der Waals surface area (Å²) in [6.45, 7) is 5.46. The van der Waals surface area contributed by atoms with Crippen molar-refractivity contribution in [1.29, 1.82) is 0 Å². The minimum absolute atomic E-state index is 0.0162. The van der Waals surface area contributed by atoms with Crippen molar-refractivity contribution < 1.29 is 5.11 Å². The van der Waals surface area contributed by atoms with E-state index in [1.54, 1.807) is 31.2 Å². The maximum Gasteiger partial charge on any atom is 0.333 e. The number of imidazole rings is 1. The lowest BCUT2D eigenvalue weighted by atomic mass is 10.1. The highest BCUT2D eigenvalue weighted by Crippen LogP contribution is 2.25. The molecular formula is C14H17N3O3. The van der Waals surface area contributed by atoms with Crippen LogP contribution < -0.4 is 5.69 Å². The van der Waals surface area contributed by atoms with Crippen LogP contribution in [-0.2, 0) is 0 Å². The Morgan fingerprint density at radius 3 is 2.25 bits per heavy atom. The molecule has 0 radical (unpaired) electrons. The van der Waals surface area contributed by atoms with Crippen LogP contribution in [0.1, 0.15) is 44.0 Å². The molecule has 6 heteroatoms. The van der Waals surface area contributed by atoms with Gasteiger partial charge in [0.15, 0.2) is 0 Å². The van der Waals surface area contributed by atoms with E-state index in [1.165, 1.54) is 4.57 Å². The van der Waals surface area contributed by atoms with Gasteiger partial charge < -0.3 is 10.1 Å². The lowest BCUT2D eigenvalue weighted by Gasteiger charge is -2.07. The Labute approximate surface area is 116 Å². The summed E-state index contributed by atoms with van der Waals surface area (Å²) in [6.07, 6.45) is 0. The van der Waals surface area contributed by atoms with E-state index in [9.17, 15) is 14.8 Å². The Kier molecular flexibility index (Phi) is 3.74. The van der Waals surface area contributed by atoms with Gasteiger partial charge in [0, 0.05) is 0 Å². The van der Waals surface area contributed by atoms with Gasteiger partial charge in [-0.05, 0) is 30.5 Å². The zero-order valence-electron chi connectivity index (χ0n) is 11.6. The zero-order chi connectivity index (χ0) is 14.9. The largest absolute Gasteiger partial charge is 0.493 e. The molecule has 0 spiro atoms. The molecule has 0 fully saturated rings. The van der Waals surface area contributed by atoms with Crippen LogP contribution in [0.4, 0.5) is 0 Å². The molecule has 2 rings (SSSR count). The van der Waals surface area contributed by atoms with Crippen LogP contribution in [0.25, 0.3) is 5.69 Å². The summed E-state index contributed by atoms with van der Waals surface area (Å²) in [5, 5.41) is 13.1. The molecule has 0 amide bonds. The van der Waals surface area contributed by atoms with Crippen molar-refractivity contribution in [2.45, 2.75) is 32.7 Å². The molecule has 0 saturated heterocycles. The first-order valence-electron chi connectivity index (χ1n) is 6.42. The molecule has 2 N–H and O–H groups in total. The van der Waals surface area contributed by atoms with Crippen molar-refractivity contribution in [2.24, 2.45) is 5.18 Å². The van der Waals surface area contributed by atoms with Gasteiger partial charge in [-0.1, -0.05) is 31.2 Å². The van der Waals surface area contributed by atoms with Crippen LogP contribution in [0.3, 0.4) is 0 Å². The maximum atomic E-state index is 11.9. The third-order valence-electron chi connectivity index (χ3n) is 3.27. The van der Waals surface area contributed by atoms with Gasteiger partial charge in [-0.15, -0.1) is 0 Å². The number of H-pyrrole nitrogens is 1. The highest BCUT2D eigenvalue weighted by atomic mass is 16.3. The third kappa shape index (κ3) is 2.36. The lowest BCUT2D eigenvalue weighted by molar-refractivity contribution is 0.431. The van der Waals surface area contributed by atoms with Crippen LogP contribution in [0.5, 0.6) is 5.88 Å². The summed E-state index contributed by atoms with van der Waals surface area (Å²) in [6, 6.07) is 6.35. The van der Waals surface area contributed by atoms with Gasteiger partial charge in [0.05, 0.1) is 11.4 Å². The van der Waals surface area contributed by atoms with Crippen molar-refractivity contribution in [2.75, 3.05) is 0 Å². The molecule has 6 nitrogen and oxygen atoms in total. The Bertz CT molecular complexity index is 668. The molecule has 1 unspecified atom stereocenters. The van der Waals surface area contributed by atoms with Gasteiger partial charge in [-0.2, -0.15) is 4.91 Å². The van der Waals surface area contributed by atoms with Crippen LogP contribution in [-0.4, -0.2) is 14.7 Å². The summed E-state index contributed by atoms with van der Waals surface area (Å²) in [7, 11) is 0. The van der Waals surface area contributed by atoms with Crippen molar-refractivity contribution in [1.82, 2.24) is 9.55 Å². The summed E-state index contributed by atoms with van der Waals surface area (Å²) < 4.78 is 1.21. The zero-order valence-corrected chi connectivity index (χ0v) is 11.6. The van der Waals surface area contributed by atoms with Crippen LogP contribution >= 0.6 is 0 Å². The smallest absolute Gasteiger partial charge is 0.333 e. The number of nitrogens with zero attached hydrogens (tertiary/aromatic N) is 2.